The maximum atomic E-state index is 6.32. The first-order valence-corrected chi connectivity index (χ1v) is 8.94. The summed E-state index contributed by atoms with van der Waals surface area (Å²) in [5, 5.41) is 0.713. The first-order valence-electron chi connectivity index (χ1n) is 7.74. The molecule has 2 aromatic rings. The Morgan fingerprint density at radius 3 is 2.70 bits per heavy atom. The molecule has 23 heavy (non-hydrogen) atoms. The number of nitrogens with one attached hydrogen (secondary N) is 1. The first-order chi connectivity index (χ1) is 11.1. The average molecular weight is 347 g/mol. The van der Waals surface area contributed by atoms with Crippen LogP contribution in [0.2, 0.25) is 5.02 Å². The maximum Gasteiger partial charge on any atom is 0.134 e. The number of hydrogen-bond donors (Lipinski definition) is 1. The van der Waals surface area contributed by atoms with E-state index >= 15 is 0 Å². The van der Waals surface area contributed by atoms with Gasteiger partial charge in [-0.25, -0.2) is 0 Å². The molecule has 0 aromatic heterocycles. The fraction of sp³-hybridized carbons (Fsp3) is 0.263. The fourth-order valence-corrected chi connectivity index (χ4v) is 4.17. The molecule has 0 radical (unpaired) electrons. The van der Waals surface area contributed by atoms with E-state index in [0.717, 1.165) is 23.6 Å². The van der Waals surface area contributed by atoms with Crippen LogP contribution in [0.1, 0.15) is 17.5 Å². The third-order valence-electron chi connectivity index (χ3n) is 3.91. The third kappa shape index (κ3) is 3.42. The van der Waals surface area contributed by atoms with Crippen molar-refractivity contribution in [1.82, 2.24) is 0 Å². The summed E-state index contributed by atoms with van der Waals surface area (Å²) in [7, 11) is 6.06. The molecule has 1 heterocycles. The number of hydrogen-bond acceptors (Lipinski definition) is 2. The van der Waals surface area contributed by atoms with E-state index in [1.165, 1.54) is 26.5 Å². The molecule has 4 heteroatoms. The van der Waals surface area contributed by atoms with Crippen LogP contribution in [0.5, 0.6) is 5.75 Å². The van der Waals surface area contributed by atoms with Gasteiger partial charge < -0.3 is 9.64 Å². The Bertz CT molecular complexity index is 755. The summed E-state index contributed by atoms with van der Waals surface area (Å²) in [6, 6.07) is 12.5. The predicted molar refractivity (Wildman–Crippen MR) is 97.9 cm³/mol. The summed E-state index contributed by atoms with van der Waals surface area (Å²) in [6.45, 7) is 1.10. The molecule has 0 saturated heterocycles. The number of fused-ring (bicyclic) bond motifs is 2. The normalized spacial score (nSPS) is 14.7. The van der Waals surface area contributed by atoms with E-state index in [4.69, 9.17) is 16.3 Å². The molecule has 1 aliphatic rings. The average Bonchev–Trinajstić information content (AvgIpc) is 2.53. The Hall–Kier alpha value is -1.42. The smallest absolute Gasteiger partial charge is 0.134 e. The van der Waals surface area contributed by atoms with Crippen molar-refractivity contribution in [2.45, 2.75) is 16.2 Å². The van der Waals surface area contributed by atoms with Crippen molar-refractivity contribution in [3.8, 4) is 5.75 Å². The van der Waals surface area contributed by atoms with Gasteiger partial charge in [-0.15, -0.1) is 0 Å². The van der Waals surface area contributed by atoms with Crippen LogP contribution in [0, 0.1) is 0 Å². The van der Waals surface area contributed by atoms with Crippen LogP contribution in [0.25, 0.3) is 5.57 Å². The molecule has 120 valence electrons. The zero-order valence-corrected chi connectivity index (χ0v) is 15.2. The molecule has 0 amide bonds. The lowest BCUT2D eigenvalue weighted by Gasteiger charge is -2.24. The highest BCUT2D eigenvalue weighted by Gasteiger charge is 2.24. The Labute approximate surface area is 147 Å². The summed E-state index contributed by atoms with van der Waals surface area (Å²) >= 11 is 8.07. The summed E-state index contributed by atoms with van der Waals surface area (Å²) in [6.07, 6.45) is 3.37. The molecule has 0 aliphatic carbocycles. The van der Waals surface area contributed by atoms with Gasteiger partial charge in [0.05, 0.1) is 32.6 Å². The van der Waals surface area contributed by atoms with E-state index < -0.39 is 0 Å². The second-order valence-corrected chi connectivity index (χ2v) is 7.44. The van der Waals surface area contributed by atoms with E-state index in [1.54, 1.807) is 18.9 Å². The minimum Gasteiger partial charge on any atom is -0.495 e. The van der Waals surface area contributed by atoms with E-state index in [2.05, 4.69) is 50.5 Å². The van der Waals surface area contributed by atoms with Gasteiger partial charge in [0.15, 0.2) is 0 Å². The lowest BCUT2D eigenvalue weighted by Crippen LogP contribution is -3.05. The Morgan fingerprint density at radius 2 is 1.96 bits per heavy atom. The second-order valence-electron chi connectivity index (χ2n) is 5.95. The quantitative estimate of drug-likeness (QED) is 0.772. The molecule has 3 rings (SSSR count). The number of quaternary nitrogens is 1. The molecule has 2 nitrogen and oxygen atoms in total. The highest BCUT2D eigenvalue weighted by atomic mass is 35.5. The van der Waals surface area contributed by atoms with Gasteiger partial charge in [-0.1, -0.05) is 47.6 Å². The number of halogens is 1. The Morgan fingerprint density at radius 1 is 1.17 bits per heavy atom. The van der Waals surface area contributed by atoms with E-state index in [9.17, 15) is 0 Å². The van der Waals surface area contributed by atoms with E-state index in [0.29, 0.717) is 5.02 Å². The molecule has 0 atom stereocenters. The number of benzene rings is 2. The second kappa shape index (κ2) is 7.00. The van der Waals surface area contributed by atoms with Crippen LogP contribution in [0.15, 0.2) is 52.3 Å². The van der Waals surface area contributed by atoms with Crippen LogP contribution in [-0.2, 0) is 0 Å². The van der Waals surface area contributed by atoms with Crippen molar-refractivity contribution in [2.24, 2.45) is 0 Å². The monoisotopic (exact) mass is 346 g/mol. The van der Waals surface area contributed by atoms with E-state index in [-0.39, 0.29) is 0 Å². The lowest BCUT2D eigenvalue weighted by atomic mass is 9.95. The molecule has 1 N–H and O–H groups in total. The molecular formula is C19H21ClNOS+. The van der Waals surface area contributed by atoms with Gasteiger partial charge in [-0.3, -0.25) is 0 Å². The Balaban J connectivity index is 2.13. The van der Waals surface area contributed by atoms with Gasteiger partial charge in [0, 0.05) is 21.9 Å². The van der Waals surface area contributed by atoms with Crippen molar-refractivity contribution in [3.63, 3.8) is 0 Å². The van der Waals surface area contributed by atoms with Gasteiger partial charge in [0.25, 0.3) is 0 Å². The molecular weight excluding hydrogens is 326 g/mol. The zero-order chi connectivity index (χ0) is 16.4. The molecule has 2 aromatic carbocycles. The molecule has 0 spiro atoms. The van der Waals surface area contributed by atoms with Crippen LogP contribution < -0.4 is 9.64 Å². The molecule has 0 bridgehead atoms. The van der Waals surface area contributed by atoms with Crippen molar-refractivity contribution in [1.29, 1.82) is 0 Å². The summed E-state index contributed by atoms with van der Waals surface area (Å²) in [4.78, 5) is 3.87. The van der Waals surface area contributed by atoms with Crippen molar-refractivity contribution < 1.29 is 9.64 Å². The summed E-state index contributed by atoms with van der Waals surface area (Å²) in [5.41, 5.74) is 3.71. The highest BCUT2D eigenvalue weighted by Crippen LogP contribution is 2.50. The standard InChI is InChI=1S/C19H20ClNOS/c1-21(2)10-6-8-14-15-7-4-5-9-18(15)23-19-16(14)11-13(20)12-17(19)22-3/h4-5,7-9,11-12H,6,10H2,1-3H3/p+1. The highest BCUT2D eigenvalue weighted by molar-refractivity contribution is 7.99. The number of rotatable bonds is 4. The maximum absolute atomic E-state index is 6.32. The van der Waals surface area contributed by atoms with Gasteiger partial charge in [-0.2, -0.15) is 0 Å². The van der Waals surface area contributed by atoms with Crippen molar-refractivity contribution >= 4 is 28.9 Å². The van der Waals surface area contributed by atoms with Crippen molar-refractivity contribution in [2.75, 3.05) is 27.7 Å². The lowest BCUT2D eigenvalue weighted by molar-refractivity contribution is -0.857. The largest absolute Gasteiger partial charge is 0.495 e. The van der Waals surface area contributed by atoms with Crippen molar-refractivity contribution in [3.05, 3.63) is 58.6 Å². The molecule has 0 unspecified atom stereocenters. The third-order valence-corrected chi connectivity index (χ3v) is 5.33. The van der Waals surface area contributed by atoms with Gasteiger partial charge in [0.1, 0.15) is 5.75 Å². The van der Waals surface area contributed by atoms with Gasteiger partial charge in [-0.05, 0) is 29.3 Å². The first kappa shape index (κ1) is 16.4. The van der Waals surface area contributed by atoms with Gasteiger partial charge in [0.2, 0.25) is 0 Å². The molecule has 0 fully saturated rings. The Kier molecular flexibility index (Phi) is 5.00. The fourth-order valence-electron chi connectivity index (χ4n) is 2.78. The van der Waals surface area contributed by atoms with E-state index in [1.807, 2.05) is 6.07 Å². The molecule has 1 aliphatic heterocycles. The number of ether oxygens (including phenoxy) is 1. The van der Waals surface area contributed by atoms with Crippen LogP contribution in [0.3, 0.4) is 0 Å². The molecule has 0 saturated carbocycles. The topological polar surface area (TPSA) is 13.7 Å². The summed E-state index contributed by atoms with van der Waals surface area (Å²) in [5.74, 6) is 0.844. The zero-order valence-electron chi connectivity index (χ0n) is 13.7. The van der Waals surface area contributed by atoms with Crippen LogP contribution in [0.4, 0.5) is 0 Å². The van der Waals surface area contributed by atoms with Gasteiger partial charge >= 0.3 is 0 Å². The van der Waals surface area contributed by atoms with Crippen LogP contribution in [-0.4, -0.2) is 27.7 Å². The SMILES string of the molecule is COc1cc(Cl)cc2c1Sc1ccccc1C2=CCC[NH+](C)C. The minimum absolute atomic E-state index is 0.713. The summed E-state index contributed by atoms with van der Waals surface area (Å²) < 4.78 is 5.56. The van der Waals surface area contributed by atoms with Crippen LogP contribution >= 0.6 is 23.4 Å². The minimum atomic E-state index is 0.713. The number of methoxy groups -OCH3 is 1. The predicted octanol–water partition coefficient (Wildman–Crippen LogP) is 3.78.